The van der Waals surface area contributed by atoms with Crippen molar-refractivity contribution < 1.29 is 0 Å². The van der Waals surface area contributed by atoms with Crippen LogP contribution in [-0.4, -0.2) is 0 Å². The Kier molecular flexibility index (Phi) is 100. The molecule has 1 aliphatic carbocycles. The summed E-state index contributed by atoms with van der Waals surface area (Å²) >= 11 is 0. The highest BCUT2D eigenvalue weighted by atomic mass is 14.4. The maximum Gasteiger partial charge on any atom is -0.0326 e. The maximum atomic E-state index is 2.44. The summed E-state index contributed by atoms with van der Waals surface area (Å²) in [6.07, 6.45) is 21.1. The van der Waals surface area contributed by atoms with E-state index < -0.39 is 0 Å². The molecule has 1 saturated carbocycles. The summed E-state index contributed by atoms with van der Waals surface area (Å²) in [6, 6.07) is 0. The van der Waals surface area contributed by atoms with Gasteiger partial charge in [-0.1, -0.05) is 221 Å². The van der Waals surface area contributed by atoms with Crippen molar-refractivity contribution in [2.75, 3.05) is 0 Å². The summed E-state index contributed by atoms with van der Waals surface area (Å²) in [7, 11) is 0. The number of hydrogen-bond acceptors (Lipinski definition) is 0. The van der Waals surface area contributed by atoms with Crippen LogP contribution in [0.5, 0.6) is 0 Å². The average molecular weight is 585 g/mol. The molecule has 0 aliphatic heterocycles. The Labute approximate surface area is 268 Å². The fourth-order valence-corrected chi connectivity index (χ4v) is 3.57. The van der Waals surface area contributed by atoms with Gasteiger partial charge in [-0.2, -0.15) is 0 Å². The van der Waals surface area contributed by atoms with Gasteiger partial charge in [-0.25, -0.2) is 0 Å². The fourth-order valence-electron chi connectivity index (χ4n) is 3.57. The Morgan fingerprint density at radius 2 is 0.825 bits per heavy atom. The lowest BCUT2D eigenvalue weighted by molar-refractivity contribution is 0.142. The second-order valence-electron chi connectivity index (χ2n) is 12.5. The van der Waals surface area contributed by atoms with Gasteiger partial charge in [0.2, 0.25) is 0 Å². The van der Waals surface area contributed by atoms with Crippen LogP contribution in [0, 0.1) is 22.7 Å². The van der Waals surface area contributed by atoms with Gasteiger partial charge in [-0.15, -0.1) is 0 Å². The lowest BCUT2D eigenvalue weighted by Gasteiger charge is -2.38. The molecule has 1 rings (SSSR count). The molecule has 0 spiro atoms. The summed E-state index contributed by atoms with van der Waals surface area (Å²) in [6.45, 7) is 27.4. The third kappa shape index (κ3) is 77.0. The highest BCUT2D eigenvalue weighted by Gasteiger charge is 2.30. The van der Waals surface area contributed by atoms with Crippen molar-refractivity contribution in [1.29, 1.82) is 0 Å². The predicted molar refractivity (Wildman–Crippen MR) is 210 cm³/mol. The molecule has 0 bridgehead atoms. The van der Waals surface area contributed by atoms with Crippen LogP contribution in [0.15, 0.2) is 0 Å². The van der Waals surface area contributed by atoms with Crippen molar-refractivity contribution in [2.45, 2.75) is 246 Å². The summed E-state index contributed by atoms with van der Waals surface area (Å²) in [5.41, 5.74) is 1.33. The molecule has 0 nitrogen and oxygen atoms in total. The van der Waals surface area contributed by atoms with Crippen molar-refractivity contribution in [3.05, 3.63) is 0 Å². The van der Waals surface area contributed by atoms with Crippen LogP contribution >= 0.6 is 0 Å². The van der Waals surface area contributed by atoms with Crippen LogP contribution in [0.25, 0.3) is 0 Å². The van der Waals surface area contributed by atoms with Gasteiger partial charge in [0.1, 0.15) is 0 Å². The molecule has 264 valence electrons. The van der Waals surface area contributed by atoms with E-state index in [0.717, 1.165) is 17.3 Å². The maximum absolute atomic E-state index is 2.44. The van der Waals surface area contributed by atoms with Gasteiger partial charge < -0.3 is 0 Å². The van der Waals surface area contributed by atoms with Gasteiger partial charge in [0.15, 0.2) is 0 Å². The Morgan fingerprint density at radius 1 is 0.525 bits per heavy atom. The Balaban J connectivity index is -0.0000000244. The standard InChI is InChI=1S/C9H18.C8H18.2C7H16.9CH4/c1-3-4-6-9(2)7-5-8-9;1-5-6-7-8(2,3)4;2*1-4-5-6-7(2)3;;;;;;;;;/h3-8H2,1-2H3;5-7H2,1-4H3;2*7H,4-6H2,1-3H3;9*1H4. The van der Waals surface area contributed by atoms with Crippen molar-refractivity contribution in [1.82, 2.24) is 0 Å². The zero-order valence-electron chi connectivity index (χ0n) is 24.8. The predicted octanol–water partition coefficient (Wildman–Crippen LogP) is 18.0. The molecule has 40 heavy (non-hydrogen) atoms. The summed E-state index contributed by atoms with van der Waals surface area (Å²) in [5, 5.41) is 0. The molecular weight excluding hydrogens is 480 g/mol. The summed E-state index contributed by atoms with van der Waals surface area (Å²) in [5.74, 6) is 1.81. The number of rotatable bonds is 11. The highest BCUT2D eigenvalue weighted by Crippen LogP contribution is 2.44. The fraction of sp³-hybridized carbons (Fsp3) is 1.00. The smallest absolute Gasteiger partial charge is 0.0326 e. The molecule has 0 heteroatoms. The van der Waals surface area contributed by atoms with E-state index in [4.69, 9.17) is 0 Å². The zero-order valence-corrected chi connectivity index (χ0v) is 24.8. The number of hydrogen-bond donors (Lipinski definition) is 0. The van der Waals surface area contributed by atoms with Crippen molar-refractivity contribution in [3.63, 3.8) is 0 Å². The van der Waals surface area contributed by atoms with Crippen LogP contribution in [0.4, 0.5) is 0 Å². The highest BCUT2D eigenvalue weighted by molar-refractivity contribution is 4.82. The first-order chi connectivity index (χ1) is 14.4. The first-order valence-electron chi connectivity index (χ1n) is 14.4. The van der Waals surface area contributed by atoms with Gasteiger partial charge in [0, 0.05) is 0 Å². The topological polar surface area (TPSA) is 0 Å². The minimum Gasteiger partial charge on any atom is -0.0776 e. The van der Waals surface area contributed by atoms with E-state index in [2.05, 4.69) is 83.1 Å². The van der Waals surface area contributed by atoms with Gasteiger partial charge in [-0.3, -0.25) is 0 Å². The molecule has 0 atom stereocenters. The van der Waals surface area contributed by atoms with Crippen LogP contribution < -0.4 is 0 Å². The molecule has 0 saturated heterocycles. The molecule has 0 aromatic carbocycles. The Bertz CT molecular complexity index is 301. The molecule has 0 aromatic heterocycles. The van der Waals surface area contributed by atoms with Crippen molar-refractivity contribution in [3.8, 4) is 0 Å². The average Bonchev–Trinajstić information content (AvgIpc) is 2.67. The quantitative estimate of drug-likeness (QED) is 0.226. The van der Waals surface area contributed by atoms with E-state index in [1.54, 1.807) is 0 Å². The minimum atomic E-state index is 0. The third-order valence-corrected chi connectivity index (χ3v) is 6.24. The van der Waals surface area contributed by atoms with Gasteiger partial charge in [0.25, 0.3) is 0 Å². The van der Waals surface area contributed by atoms with E-state index in [9.17, 15) is 0 Å². The lowest BCUT2D eigenvalue weighted by Crippen LogP contribution is -2.24. The molecule has 1 aliphatic rings. The van der Waals surface area contributed by atoms with Crippen molar-refractivity contribution in [2.24, 2.45) is 22.7 Å². The van der Waals surface area contributed by atoms with Crippen LogP contribution in [0.3, 0.4) is 0 Å². The third-order valence-electron chi connectivity index (χ3n) is 6.24. The lowest BCUT2D eigenvalue weighted by atomic mass is 9.68. The minimum absolute atomic E-state index is 0. The second kappa shape index (κ2) is 51.7. The molecule has 0 heterocycles. The first-order valence-corrected chi connectivity index (χ1v) is 14.4. The van der Waals surface area contributed by atoms with Crippen LogP contribution in [0.1, 0.15) is 246 Å². The second-order valence-corrected chi connectivity index (χ2v) is 12.5. The van der Waals surface area contributed by atoms with E-state index in [1.807, 2.05) is 0 Å². The van der Waals surface area contributed by atoms with E-state index in [-0.39, 0.29) is 66.8 Å². The van der Waals surface area contributed by atoms with E-state index in [0.29, 0.717) is 5.41 Å². The van der Waals surface area contributed by atoms with Crippen molar-refractivity contribution >= 4 is 0 Å². The van der Waals surface area contributed by atoms with E-state index in [1.165, 1.54) is 96.3 Å². The molecule has 0 amide bonds. The molecule has 0 N–H and O–H groups in total. The number of unbranched alkanes of at least 4 members (excludes halogenated alkanes) is 4. The molecule has 0 unspecified atom stereocenters. The SMILES string of the molecule is C.C.C.C.C.C.C.C.C.CCCCC(C)(C)C.CCCCC(C)C.CCCCC(C)C.CCCCC1(C)CCC1. The molecule has 0 radical (unpaired) electrons. The van der Waals surface area contributed by atoms with Crippen LogP contribution in [-0.2, 0) is 0 Å². The van der Waals surface area contributed by atoms with Gasteiger partial charge in [-0.05, 0) is 48.3 Å². The Hall–Kier alpha value is 0. The largest absolute Gasteiger partial charge is 0.0776 e. The normalized spacial score (nSPS) is 11.2. The first kappa shape index (κ1) is 77.6. The zero-order chi connectivity index (χ0) is 24.8. The Morgan fingerprint density at radius 3 is 0.950 bits per heavy atom. The van der Waals surface area contributed by atoms with Gasteiger partial charge in [0.05, 0.1) is 0 Å². The summed E-state index contributed by atoms with van der Waals surface area (Å²) < 4.78 is 0. The van der Waals surface area contributed by atoms with Crippen LogP contribution in [0.2, 0.25) is 0 Å². The summed E-state index contributed by atoms with van der Waals surface area (Å²) in [4.78, 5) is 0. The monoisotopic (exact) mass is 585 g/mol. The molecule has 0 aromatic rings. The molecule has 1 fully saturated rings. The van der Waals surface area contributed by atoms with E-state index >= 15 is 0 Å². The molecular formula is C40H104. The van der Waals surface area contributed by atoms with Gasteiger partial charge >= 0.3 is 0 Å².